The molecule has 2 aromatic carbocycles. The SMILES string of the molecule is CCc1cc(OCc2ccc(OC(C)C)c(C#N)c2)ccc1C=O. The van der Waals surface area contributed by atoms with Crippen LogP contribution >= 0.6 is 0 Å². The largest absolute Gasteiger partial charge is 0.490 e. The summed E-state index contributed by atoms with van der Waals surface area (Å²) in [6, 6.07) is 13.0. The number of nitriles is 1. The second kappa shape index (κ2) is 8.16. The predicted molar refractivity (Wildman–Crippen MR) is 92.5 cm³/mol. The molecule has 0 saturated carbocycles. The first-order valence-corrected chi connectivity index (χ1v) is 7.98. The van der Waals surface area contributed by atoms with Crippen LogP contribution in [0.25, 0.3) is 0 Å². The van der Waals surface area contributed by atoms with E-state index in [9.17, 15) is 10.1 Å². The van der Waals surface area contributed by atoms with E-state index in [1.54, 1.807) is 24.3 Å². The monoisotopic (exact) mass is 323 g/mol. The molecule has 2 rings (SSSR count). The second-order valence-electron chi connectivity index (χ2n) is 5.73. The number of carbonyl (C=O) groups is 1. The highest BCUT2D eigenvalue weighted by molar-refractivity contribution is 5.77. The highest BCUT2D eigenvalue weighted by atomic mass is 16.5. The fraction of sp³-hybridized carbons (Fsp3) is 0.300. The molecule has 0 unspecified atom stereocenters. The minimum atomic E-state index is 0.0167. The van der Waals surface area contributed by atoms with Gasteiger partial charge in [-0.1, -0.05) is 13.0 Å². The van der Waals surface area contributed by atoms with E-state index in [0.717, 1.165) is 23.8 Å². The summed E-state index contributed by atoms with van der Waals surface area (Å²) in [7, 11) is 0. The molecule has 0 radical (unpaired) electrons. The van der Waals surface area contributed by atoms with Crippen LogP contribution in [0.15, 0.2) is 36.4 Å². The van der Waals surface area contributed by atoms with Crippen molar-refractivity contribution in [2.75, 3.05) is 0 Å². The van der Waals surface area contributed by atoms with Gasteiger partial charge in [0, 0.05) is 5.56 Å². The maximum absolute atomic E-state index is 11.0. The summed E-state index contributed by atoms with van der Waals surface area (Å²) >= 11 is 0. The zero-order chi connectivity index (χ0) is 17.5. The topological polar surface area (TPSA) is 59.3 Å². The van der Waals surface area contributed by atoms with Gasteiger partial charge >= 0.3 is 0 Å². The Kier molecular flexibility index (Phi) is 5.97. The lowest BCUT2D eigenvalue weighted by atomic mass is 10.1. The summed E-state index contributed by atoms with van der Waals surface area (Å²) in [4.78, 5) is 11.0. The van der Waals surface area contributed by atoms with Crippen molar-refractivity contribution in [3.05, 3.63) is 58.7 Å². The van der Waals surface area contributed by atoms with E-state index >= 15 is 0 Å². The summed E-state index contributed by atoms with van der Waals surface area (Å²) in [6.45, 7) is 6.19. The van der Waals surface area contributed by atoms with Gasteiger partial charge in [-0.15, -0.1) is 0 Å². The average molecular weight is 323 g/mol. The number of benzene rings is 2. The number of hydrogen-bond donors (Lipinski definition) is 0. The standard InChI is InChI=1S/C20H21NO3/c1-4-16-10-19(7-6-17(16)12-22)23-13-15-5-8-20(24-14(2)3)18(9-15)11-21/h5-10,12,14H,4,13H2,1-3H3. The molecule has 0 spiro atoms. The molecule has 0 aliphatic rings. The molecule has 2 aromatic rings. The molecule has 0 saturated heterocycles. The highest BCUT2D eigenvalue weighted by Crippen LogP contribution is 2.23. The van der Waals surface area contributed by atoms with E-state index < -0.39 is 0 Å². The Hall–Kier alpha value is -2.80. The molecule has 0 N–H and O–H groups in total. The van der Waals surface area contributed by atoms with Gasteiger partial charge in [-0.3, -0.25) is 4.79 Å². The van der Waals surface area contributed by atoms with Gasteiger partial charge in [0.15, 0.2) is 0 Å². The summed E-state index contributed by atoms with van der Waals surface area (Å²) < 4.78 is 11.4. The quantitative estimate of drug-likeness (QED) is 0.713. The van der Waals surface area contributed by atoms with Crippen LogP contribution < -0.4 is 9.47 Å². The van der Waals surface area contributed by atoms with Crippen molar-refractivity contribution in [1.82, 2.24) is 0 Å². The molecule has 0 heterocycles. The Morgan fingerprint density at radius 3 is 2.62 bits per heavy atom. The zero-order valence-corrected chi connectivity index (χ0v) is 14.2. The summed E-state index contributed by atoms with van der Waals surface area (Å²) in [5.74, 6) is 1.29. The van der Waals surface area contributed by atoms with E-state index in [0.29, 0.717) is 29.2 Å². The number of rotatable bonds is 7. The van der Waals surface area contributed by atoms with Crippen molar-refractivity contribution >= 4 is 6.29 Å². The molecule has 0 bridgehead atoms. The summed E-state index contributed by atoms with van der Waals surface area (Å²) in [5.41, 5.74) is 3.03. The number of aldehydes is 1. The van der Waals surface area contributed by atoms with Gasteiger partial charge in [-0.2, -0.15) is 5.26 Å². The van der Waals surface area contributed by atoms with E-state index in [1.807, 2.05) is 32.9 Å². The van der Waals surface area contributed by atoms with Crippen LogP contribution in [0.5, 0.6) is 11.5 Å². The second-order valence-corrected chi connectivity index (χ2v) is 5.73. The van der Waals surface area contributed by atoms with Crippen molar-refractivity contribution in [1.29, 1.82) is 5.26 Å². The molecule has 0 atom stereocenters. The zero-order valence-electron chi connectivity index (χ0n) is 14.2. The fourth-order valence-electron chi connectivity index (χ4n) is 2.37. The lowest BCUT2D eigenvalue weighted by Crippen LogP contribution is -2.07. The predicted octanol–water partition coefficient (Wildman–Crippen LogP) is 4.30. The van der Waals surface area contributed by atoms with Gasteiger partial charge in [0.25, 0.3) is 0 Å². The van der Waals surface area contributed by atoms with Gasteiger partial charge in [0.2, 0.25) is 0 Å². The number of nitrogens with zero attached hydrogens (tertiary/aromatic N) is 1. The molecule has 0 aliphatic heterocycles. The maximum atomic E-state index is 11.0. The first-order valence-electron chi connectivity index (χ1n) is 7.98. The first kappa shape index (κ1) is 17.6. The molecule has 0 amide bonds. The normalized spacial score (nSPS) is 10.3. The summed E-state index contributed by atoms with van der Waals surface area (Å²) in [5, 5.41) is 9.26. The molecular formula is C20H21NO3. The highest BCUT2D eigenvalue weighted by Gasteiger charge is 2.08. The number of hydrogen-bond acceptors (Lipinski definition) is 4. The van der Waals surface area contributed by atoms with Gasteiger partial charge < -0.3 is 9.47 Å². The third-order valence-corrected chi connectivity index (χ3v) is 3.55. The van der Waals surface area contributed by atoms with Gasteiger partial charge in [-0.25, -0.2) is 0 Å². The van der Waals surface area contributed by atoms with E-state index in [1.165, 1.54) is 0 Å². The van der Waals surface area contributed by atoms with Crippen LogP contribution in [-0.2, 0) is 13.0 Å². The lowest BCUT2D eigenvalue weighted by molar-refractivity contribution is 0.112. The van der Waals surface area contributed by atoms with E-state index in [2.05, 4.69) is 6.07 Å². The van der Waals surface area contributed by atoms with Crippen LogP contribution in [-0.4, -0.2) is 12.4 Å². The number of carbonyl (C=O) groups excluding carboxylic acids is 1. The minimum Gasteiger partial charge on any atom is -0.490 e. The Labute approximate surface area is 142 Å². The molecule has 124 valence electrons. The maximum Gasteiger partial charge on any atom is 0.150 e. The first-order chi connectivity index (χ1) is 11.6. The summed E-state index contributed by atoms with van der Waals surface area (Å²) in [6.07, 6.45) is 1.64. The average Bonchev–Trinajstić information content (AvgIpc) is 2.60. The van der Waals surface area contributed by atoms with Crippen LogP contribution in [0, 0.1) is 11.3 Å². The number of aryl methyl sites for hydroxylation is 1. The molecule has 4 heteroatoms. The Morgan fingerprint density at radius 1 is 1.21 bits per heavy atom. The van der Waals surface area contributed by atoms with Crippen LogP contribution in [0.2, 0.25) is 0 Å². The molecule has 0 fully saturated rings. The third-order valence-electron chi connectivity index (χ3n) is 3.55. The number of ether oxygens (including phenoxy) is 2. The minimum absolute atomic E-state index is 0.0167. The Bertz CT molecular complexity index is 760. The van der Waals surface area contributed by atoms with Crippen molar-refractivity contribution in [2.45, 2.75) is 39.9 Å². The third kappa shape index (κ3) is 4.36. The van der Waals surface area contributed by atoms with Crippen molar-refractivity contribution < 1.29 is 14.3 Å². The Morgan fingerprint density at radius 2 is 2.00 bits per heavy atom. The Balaban J connectivity index is 2.12. The molecule has 24 heavy (non-hydrogen) atoms. The lowest BCUT2D eigenvalue weighted by Gasteiger charge is -2.13. The van der Waals surface area contributed by atoms with E-state index in [-0.39, 0.29) is 6.10 Å². The van der Waals surface area contributed by atoms with Gasteiger partial charge in [0.05, 0.1) is 11.7 Å². The van der Waals surface area contributed by atoms with Crippen molar-refractivity contribution in [3.63, 3.8) is 0 Å². The van der Waals surface area contributed by atoms with E-state index in [4.69, 9.17) is 9.47 Å². The smallest absolute Gasteiger partial charge is 0.150 e. The van der Waals surface area contributed by atoms with Crippen LogP contribution in [0.3, 0.4) is 0 Å². The van der Waals surface area contributed by atoms with Crippen LogP contribution in [0.4, 0.5) is 0 Å². The molecule has 0 aliphatic carbocycles. The fourth-order valence-corrected chi connectivity index (χ4v) is 2.37. The molecule has 0 aromatic heterocycles. The van der Waals surface area contributed by atoms with Gasteiger partial charge in [-0.05, 0) is 61.7 Å². The van der Waals surface area contributed by atoms with Gasteiger partial charge in [0.1, 0.15) is 30.5 Å². The molecular weight excluding hydrogens is 302 g/mol. The van der Waals surface area contributed by atoms with Crippen molar-refractivity contribution in [3.8, 4) is 17.6 Å². The van der Waals surface area contributed by atoms with Crippen molar-refractivity contribution in [2.24, 2.45) is 0 Å². The van der Waals surface area contributed by atoms with Crippen LogP contribution in [0.1, 0.15) is 47.8 Å². The molecule has 4 nitrogen and oxygen atoms in total.